The van der Waals surface area contributed by atoms with Crippen molar-refractivity contribution >= 4 is 11.9 Å². The van der Waals surface area contributed by atoms with E-state index < -0.39 is 0 Å². The summed E-state index contributed by atoms with van der Waals surface area (Å²) in [4.78, 5) is 25.0. The Bertz CT molecular complexity index is 761. The second kappa shape index (κ2) is 7.39. The van der Waals surface area contributed by atoms with E-state index in [1.807, 2.05) is 24.3 Å². The number of carbonyl (C=O) groups is 2. The molecule has 162 valence electrons. The van der Waals surface area contributed by atoms with Crippen LogP contribution in [0.4, 0.5) is 0 Å². The molecule has 0 unspecified atom stereocenters. The standard InChI is InChI=1S/C26H34O4/c1-25(15-19-7-9-21(25)11-19)29-23(27)13-17-3-5-18(6-4-17)14-24(28)30-26(2)16-20-8-10-22(26)12-20/h3-6,19-22H,7-16H2,1-2H3/t19-,20-,21+,22+,25-,26-/m1/s1. The fourth-order valence-electron chi connectivity index (χ4n) is 7.06. The van der Waals surface area contributed by atoms with Crippen molar-refractivity contribution in [3.8, 4) is 0 Å². The van der Waals surface area contributed by atoms with Crippen molar-refractivity contribution in [3.63, 3.8) is 0 Å². The number of esters is 2. The van der Waals surface area contributed by atoms with E-state index in [9.17, 15) is 9.59 Å². The zero-order valence-electron chi connectivity index (χ0n) is 18.3. The van der Waals surface area contributed by atoms with Gasteiger partial charge in [0.2, 0.25) is 0 Å². The van der Waals surface area contributed by atoms with Crippen molar-refractivity contribution in [1.82, 2.24) is 0 Å². The van der Waals surface area contributed by atoms with Crippen LogP contribution in [-0.2, 0) is 31.9 Å². The van der Waals surface area contributed by atoms with Gasteiger partial charge in [0.15, 0.2) is 0 Å². The predicted molar refractivity (Wildman–Crippen MR) is 114 cm³/mol. The molecule has 4 nitrogen and oxygen atoms in total. The van der Waals surface area contributed by atoms with Crippen LogP contribution >= 0.6 is 0 Å². The van der Waals surface area contributed by atoms with E-state index in [0.717, 1.165) is 35.8 Å². The Balaban J connectivity index is 1.12. The van der Waals surface area contributed by atoms with Gasteiger partial charge >= 0.3 is 11.9 Å². The first-order valence-corrected chi connectivity index (χ1v) is 11.8. The van der Waals surface area contributed by atoms with Gasteiger partial charge in [0.05, 0.1) is 12.8 Å². The smallest absolute Gasteiger partial charge is 0.310 e. The number of fused-ring (bicyclic) bond motifs is 4. The van der Waals surface area contributed by atoms with Gasteiger partial charge in [-0.3, -0.25) is 9.59 Å². The Hall–Kier alpha value is -1.84. The highest BCUT2D eigenvalue weighted by molar-refractivity contribution is 5.74. The lowest BCUT2D eigenvalue weighted by molar-refractivity contribution is -0.163. The topological polar surface area (TPSA) is 52.6 Å². The van der Waals surface area contributed by atoms with Crippen molar-refractivity contribution in [1.29, 1.82) is 0 Å². The molecule has 30 heavy (non-hydrogen) atoms. The summed E-state index contributed by atoms with van der Waals surface area (Å²) < 4.78 is 11.9. The molecular formula is C26H34O4. The highest BCUT2D eigenvalue weighted by Gasteiger charge is 2.51. The number of ether oxygens (including phenoxy) is 2. The van der Waals surface area contributed by atoms with E-state index in [0.29, 0.717) is 24.7 Å². The van der Waals surface area contributed by atoms with E-state index in [1.54, 1.807) is 0 Å². The third-order valence-corrected chi connectivity index (χ3v) is 8.61. The van der Waals surface area contributed by atoms with Gasteiger partial charge in [-0.25, -0.2) is 0 Å². The fourth-order valence-corrected chi connectivity index (χ4v) is 7.06. The molecule has 0 aromatic heterocycles. The molecule has 0 heterocycles. The van der Waals surface area contributed by atoms with Crippen LogP contribution in [0.5, 0.6) is 0 Å². The van der Waals surface area contributed by atoms with Gasteiger partial charge in [0.1, 0.15) is 11.2 Å². The summed E-state index contributed by atoms with van der Waals surface area (Å²) in [5, 5.41) is 0. The van der Waals surface area contributed by atoms with E-state index in [2.05, 4.69) is 13.8 Å². The normalized spacial score (nSPS) is 38.7. The van der Waals surface area contributed by atoms with Gasteiger partial charge in [-0.05, 0) is 100 Å². The molecule has 6 atom stereocenters. The maximum absolute atomic E-state index is 12.5. The third kappa shape index (κ3) is 3.78. The fraction of sp³-hybridized carbons (Fsp3) is 0.692. The van der Waals surface area contributed by atoms with Gasteiger partial charge in [0.25, 0.3) is 0 Å². The summed E-state index contributed by atoms with van der Waals surface area (Å²) >= 11 is 0. The predicted octanol–water partition coefficient (Wildman–Crippen LogP) is 5.02. The Labute approximate surface area is 179 Å². The Morgan fingerprint density at radius 3 is 1.47 bits per heavy atom. The maximum Gasteiger partial charge on any atom is 0.310 e. The lowest BCUT2D eigenvalue weighted by Crippen LogP contribution is -2.37. The highest BCUT2D eigenvalue weighted by atomic mass is 16.6. The third-order valence-electron chi connectivity index (χ3n) is 8.61. The first kappa shape index (κ1) is 20.1. The lowest BCUT2D eigenvalue weighted by Gasteiger charge is -2.33. The van der Waals surface area contributed by atoms with Crippen LogP contribution in [-0.4, -0.2) is 23.1 Å². The van der Waals surface area contributed by atoms with Gasteiger partial charge in [0, 0.05) is 0 Å². The largest absolute Gasteiger partial charge is 0.459 e. The van der Waals surface area contributed by atoms with Crippen LogP contribution in [0.25, 0.3) is 0 Å². The Morgan fingerprint density at radius 2 is 1.17 bits per heavy atom. The van der Waals surface area contributed by atoms with Crippen molar-refractivity contribution in [2.24, 2.45) is 23.7 Å². The molecule has 0 radical (unpaired) electrons. The minimum absolute atomic E-state index is 0.138. The number of hydrogen-bond acceptors (Lipinski definition) is 4. The number of rotatable bonds is 6. The molecule has 4 aliphatic rings. The lowest BCUT2D eigenvalue weighted by atomic mass is 9.85. The SMILES string of the molecule is C[C@@]1(OC(=O)Cc2ccc(CC(=O)O[C@]3(C)C[C@@H]4CC[C@H]3C4)cc2)C[C@@H]2CC[C@H]1C2. The summed E-state index contributed by atoms with van der Waals surface area (Å²) in [5.41, 5.74) is 1.34. The Kier molecular flexibility index (Phi) is 4.95. The molecule has 4 heteroatoms. The van der Waals surface area contributed by atoms with Crippen molar-refractivity contribution < 1.29 is 19.1 Å². The average Bonchev–Trinajstić information content (AvgIpc) is 3.43. The number of hydrogen-bond donors (Lipinski definition) is 0. The van der Waals surface area contributed by atoms with Crippen molar-refractivity contribution in [2.75, 3.05) is 0 Å². The first-order chi connectivity index (χ1) is 14.3. The van der Waals surface area contributed by atoms with E-state index in [-0.39, 0.29) is 23.1 Å². The van der Waals surface area contributed by atoms with Gasteiger partial charge < -0.3 is 9.47 Å². The van der Waals surface area contributed by atoms with Gasteiger partial charge in [-0.15, -0.1) is 0 Å². The summed E-state index contributed by atoms with van der Waals surface area (Å²) in [5.74, 6) is 2.29. The van der Waals surface area contributed by atoms with Crippen LogP contribution in [0.1, 0.15) is 76.3 Å². The van der Waals surface area contributed by atoms with Crippen molar-refractivity contribution in [3.05, 3.63) is 35.4 Å². The molecule has 0 spiro atoms. The van der Waals surface area contributed by atoms with Gasteiger partial charge in [-0.1, -0.05) is 24.3 Å². The average molecular weight is 411 g/mol. The van der Waals surface area contributed by atoms with E-state index in [1.165, 1.54) is 38.5 Å². The van der Waals surface area contributed by atoms with Crippen LogP contribution in [0.15, 0.2) is 24.3 Å². The molecule has 0 aliphatic heterocycles. The molecule has 0 saturated heterocycles. The molecule has 0 amide bonds. The summed E-state index contributed by atoms with van der Waals surface area (Å²) in [6, 6.07) is 7.75. The van der Waals surface area contributed by atoms with Gasteiger partial charge in [-0.2, -0.15) is 0 Å². The zero-order valence-corrected chi connectivity index (χ0v) is 18.3. The minimum Gasteiger partial charge on any atom is -0.459 e. The summed E-state index contributed by atoms with van der Waals surface area (Å²) in [6.07, 6.45) is 10.0. The van der Waals surface area contributed by atoms with Crippen LogP contribution in [0.3, 0.4) is 0 Å². The molecular weight excluding hydrogens is 376 g/mol. The monoisotopic (exact) mass is 410 g/mol. The second-order valence-corrected chi connectivity index (χ2v) is 10.9. The number of carbonyl (C=O) groups excluding carboxylic acids is 2. The Morgan fingerprint density at radius 1 is 0.767 bits per heavy atom. The zero-order chi connectivity index (χ0) is 20.9. The molecule has 1 aromatic carbocycles. The molecule has 4 saturated carbocycles. The summed E-state index contributed by atoms with van der Waals surface area (Å²) in [7, 11) is 0. The molecule has 4 fully saturated rings. The van der Waals surface area contributed by atoms with Crippen molar-refractivity contribution in [2.45, 2.75) is 89.3 Å². The molecule has 0 N–H and O–H groups in total. The van der Waals surface area contributed by atoms with E-state index >= 15 is 0 Å². The van der Waals surface area contributed by atoms with E-state index in [4.69, 9.17) is 9.47 Å². The minimum atomic E-state index is -0.264. The second-order valence-electron chi connectivity index (χ2n) is 10.9. The van der Waals surface area contributed by atoms with Crippen LogP contribution in [0.2, 0.25) is 0 Å². The first-order valence-electron chi connectivity index (χ1n) is 11.8. The molecule has 1 aromatic rings. The van der Waals surface area contributed by atoms with Crippen LogP contribution in [0, 0.1) is 23.7 Å². The summed E-state index contributed by atoms with van der Waals surface area (Å²) in [6.45, 7) is 4.22. The highest BCUT2D eigenvalue weighted by Crippen LogP contribution is 2.53. The maximum atomic E-state index is 12.5. The van der Waals surface area contributed by atoms with Crippen LogP contribution < -0.4 is 0 Å². The number of benzene rings is 1. The molecule has 5 rings (SSSR count). The molecule has 4 bridgehead atoms. The molecule has 4 aliphatic carbocycles. The quantitative estimate of drug-likeness (QED) is 0.618.